The van der Waals surface area contributed by atoms with Crippen LogP contribution in [0.3, 0.4) is 0 Å². The third-order valence-electron chi connectivity index (χ3n) is 2.44. The zero-order chi connectivity index (χ0) is 14.3. The second kappa shape index (κ2) is 7.78. The second-order valence-electron chi connectivity index (χ2n) is 4.10. The number of amides is 2. The minimum absolute atomic E-state index is 0.0613. The molecule has 104 valence electrons. The molecular formula is C13H18BrN3O2. The molecule has 1 aromatic rings. The molecule has 0 spiro atoms. The normalized spacial score (nSPS) is 10.0. The van der Waals surface area contributed by atoms with E-state index >= 15 is 0 Å². The number of hydrogen-bond acceptors (Lipinski definition) is 3. The first-order valence-corrected chi connectivity index (χ1v) is 6.93. The highest BCUT2D eigenvalue weighted by atomic mass is 79.9. The Bertz CT molecular complexity index is 463. The Kier molecular flexibility index (Phi) is 6.35. The topological polar surface area (TPSA) is 84.2 Å². The van der Waals surface area contributed by atoms with Crippen molar-refractivity contribution in [2.24, 2.45) is 0 Å². The summed E-state index contributed by atoms with van der Waals surface area (Å²) in [6.07, 6.45) is 1.17. The molecule has 6 heteroatoms. The van der Waals surface area contributed by atoms with Crippen LogP contribution in [0.25, 0.3) is 0 Å². The molecule has 2 amide bonds. The maximum absolute atomic E-state index is 11.9. The van der Waals surface area contributed by atoms with Gasteiger partial charge in [-0.2, -0.15) is 0 Å². The fraction of sp³-hybridized carbons (Fsp3) is 0.385. The van der Waals surface area contributed by atoms with Gasteiger partial charge in [-0.15, -0.1) is 0 Å². The fourth-order valence-electron chi connectivity index (χ4n) is 1.45. The summed E-state index contributed by atoms with van der Waals surface area (Å²) < 4.78 is 0.676. The Morgan fingerprint density at radius 2 is 2.00 bits per heavy atom. The van der Waals surface area contributed by atoms with Crippen LogP contribution in [-0.4, -0.2) is 24.9 Å². The molecule has 0 unspecified atom stereocenters. The summed E-state index contributed by atoms with van der Waals surface area (Å²) in [6, 6.07) is 5.02. The Morgan fingerprint density at radius 3 is 2.68 bits per heavy atom. The van der Waals surface area contributed by atoms with Gasteiger partial charge in [0.15, 0.2) is 0 Å². The van der Waals surface area contributed by atoms with Crippen molar-refractivity contribution in [2.45, 2.75) is 19.8 Å². The maximum atomic E-state index is 11.9. The van der Waals surface area contributed by atoms with Crippen molar-refractivity contribution in [3.8, 4) is 0 Å². The molecule has 0 aliphatic heterocycles. The summed E-state index contributed by atoms with van der Waals surface area (Å²) in [7, 11) is 0. The quantitative estimate of drug-likeness (QED) is 0.695. The first kappa shape index (κ1) is 15.5. The third kappa shape index (κ3) is 5.30. The van der Waals surface area contributed by atoms with E-state index in [4.69, 9.17) is 5.73 Å². The average Bonchev–Trinajstić information content (AvgIpc) is 2.39. The highest BCUT2D eigenvalue weighted by Crippen LogP contribution is 2.19. The van der Waals surface area contributed by atoms with Crippen molar-refractivity contribution in [2.75, 3.05) is 18.8 Å². The van der Waals surface area contributed by atoms with Gasteiger partial charge in [-0.3, -0.25) is 9.59 Å². The number of halogens is 1. The van der Waals surface area contributed by atoms with Crippen LogP contribution in [-0.2, 0) is 4.79 Å². The van der Waals surface area contributed by atoms with E-state index < -0.39 is 0 Å². The van der Waals surface area contributed by atoms with Gasteiger partial charge in [0, 0.05) is 29.7 Å². The monoisotopic (exact) mass is 327 g/mol. The second-order valence-corrected chi connectivity index (χ2v) is 4.95. The van der Waals surface area contributed by atoms with Crippen molar-refractivity contribution < 1.29 is 9.59 Å². The van der Waals surface area contributed by atoms with E-state index in [1.54, 1.807) is 18.2 Å². The summed E-state index contributed by atoms with van der Waals surface area (Å²) in [4.78, 5) is 23.2. The number of anilines is 1. The minimum Gasteiger partial charge on any atom is -0.399 e. The smallest absolute Gasteiger partial charge is 0.252 e. The molecule has 0 atom stereocenters. The van der Waals surface area contributed by atoms with Gasteiger partial charge in [-0.05, 0) is 40.5 Å². The lowest BCUT2D eigenvalue weighted by atomic mass is 10.2. The van der Waals surface area contributed by atoms with E-state index in [-0.39, 0.29) is 18.2 Å². The number of rotatable bonds is 6. The Hall–Kier alpha value is -1.56. The Balaban J connectivity index is 2.43. The molecule has 0 bridgehead atoms. The average molecular weight is 328 g/mol. The molecule has 0 aliphatic carbocycles. The van der Waals surface area contributed by atoms with E-state index in [2.05, 4.69) is 26.6 Å². The number of carbonyl (C=O) groups excluding carboxylic acids is 2. The number of nitrogens with one attached hydrogen (secondary N) is 2. The van der Waals surface area contributed by atoms with Crippen LogP contribution >= 0.6 is 15.9 Å². The lowest BCUT2D eigenvalue weighted by Gasteiger charge is -2.08. The van der Waals surface area contributed by atoms with Crippen LogP contribution in [0.1, 0.15) is 30.1 Å². The molecule has 1 aromatic carbocycles. The van der Waals surface area contributed by atoms with Crippen LogP contribution in [0.2, 0.25) is 0 Å². The van der Waals surface area contributed by atoms with Crippen molar-refractivity contribution in [1.29, 1.82) is 0 Å². The Labute approximate surface area is 121 Å². The zero-order valence-corrected chi connectivity index (χ0v) is 12.4. The van der Waals surface area contributed by atoms with E-state index in [1.165, 1.54) is 0 Å². The SMILES string of the molecule is CCCNC(=O)CCNC(=O)c1cc(N)ccc1Br. The molecule has 0 heterocycles. The summed E-state index contributed by atoms with van der Waals surface area (Å²) in [5, 5.41) is 5.44. The van der Waals surface area contributed by atoms with Gasteiger partial charge < -0.3 is 16.4 Å². The summed E-state index contributed by atoms with van der Waals surface area (Å²) in [5.41, 5.74) is 6.62. The molecule has 0 radical (unpaired) electrons. The van der Waals surface area contributed by atoms with Crippen LogP contribution in [0.4, 0.5) is 5.69 Å². The van der Waals surface area contributed by atoms with Crippen molar-refractivity contribution in [3.05, 3.63) is 28.2 Å². The Morgan fingerprint density at radius 1 is 1.26 bits per heavy atom. The molecule has 0 saturated carbocycles. The predicted molar refractivity (Wildman–Crippen MR) is 78.8 cm³/mol. The van der Waals surface area contributed by atoms with Gasteiger partial charge in [0.1, 0.15) is 0 Å². The number of benzene rings is 1. The fourth-order valence-corrected chi connectivity index (χ4v) is 1.88. The number of hydrogen-bond donors (Lipinski definition) is 3. The number of nitrogens with two attached hydrogens (primary N) is 1. The molecular weight excluding hydrogens is 310 g/mol. The van der Waals surface area contributed by atoms with Crippen molar-refractivity contribution in [1.82, 2.24) is 10.6 Å². The first-order chi connectivity index (χ1) is 9.04. The predicted octanol–water partition coefficient (Wildman–Crippen LogP) is 1.68. The van der Waals surface area contributed by atoms with Gasteiger partial charge in [-0.25, -0.2) is 0 Å². The van der Waals surface area contributed by atoms with Crippen molar-refractivity contribution in [3.63, 3.8) is 0 Å². The van der Waals surface area contributed by atoms with E-state index in [1.807, 2.05) is 6.92 Å². The molecule has 19 heavy (non-hydrogen) atoms. The van der Waals surface area contributed by atoms with E-state index in [0.717, 1.165) is 6.42 Å². The van der Waals surface area contributed by atoms with Gasteiger partial charge in [0.25, 0.3) is 5.91 Å². The molecule has 4 N–H and O–H groups in total. The van der Waals surface area contributed by atoms with Crippen LogP contribution < -0.4 is 16.4 Å². The van der Waals surface area contributed by atoms with Gasteiger partial charge in [0.05, 0.1) is 5.56 Å². The highest BCUT2D eigenvalue weighted by Gasteiger charge is 2.10. The summed E-state index contributed by atoms with van der Waals surface area (Å²) >= 11 is 3.29. The van der Waals surface area contributed by atoms with Gasteiger partial charge in [0.2, 0.25) is 5.91 Å². The molecule has 0 aromatic heterocycles. The summed E-state index contributed by atoms with van der Waals surface area (Å²) in [6.45, 7) is 2.95. The standard InChI is InChI=1S/C13H18BrN3O2/c1-2-6-16-12(18)5-7-17-13(19)10-8-9(15)3-4-11(10)14/h3-4,8H,2,5-7,15H2,1H3,(H,16,18)(H,17,19). The molecule has 0 saturated heterocycles. The van der Waals surface area contributed by atoms with Crippen molar-refractivity contribution >= 4 is 33.4 Å². The largest absolute Gasteiger partial charge is 0.399 e. The maximum Gasteiger partial charge on any atom is 0.252 e. The first-order valence-electron chi connectivity index (χ1n) is 6.14. The van der Waals surface area contributed by atoms with Crippen LogP contribution in [0.15, 0.2) is 22.7 Å². The highest BCUT2D eigenvalue weighted by molar-refractivity contribution is 9.10. The van der Waals surface area contributed by atoms with E-state index in [0.29, 0.717) is 28.8 Å². The number of carbonyl (C=O) groups is 2. The van der Waals surface area contributed by atoms with Crippen LogP contribution in [0.5, 0.6) is 0 Å². The lowest BCUT2D eigenvalue weighted by Crippen LogP contribution is -2.31. The van der Waals surface area contributed by atoms with E-state index in [9.17, 15) is 9.59 Å². The molecule has 1 rings (SSSR count). The molecule has 0 fully saturated rings. The summed E-state index contributed by atoms with van der Waals surface area (Å²) in [5.74, 6) is -0.309. The zero-order valence-electron chi connectivity index (χ0n) is 10.8. The van der Waals surface area contributed by atoms with Gasteiger partial charge in [-0.1, -0.05) is 6.92 Å². The third-order valence-corrected chi connectivity index (χ3v) is 3.14. The van der Waals surface area contributed by atoms with Gasteiger partial charge >= 0.3 is 0 Å². The van der Waals surface area contributed by atoms with Crippen LogP contribution in [0, 0.1) is 0 Å². The number of nitrogen functional groups attached to an aromatic ring is 1. The lowest BCUT2D eigenvalue weighted by molar-refractivity contribution is -0.120. The minimum atomic E-state index is -0.248. The molecule has 5 nitrogen and oxygen atoms in total. The molecule has 0 aliphatic rings.